The maximum atomic E-state index is 15.4. The lowest BCUT2D eigenvalue weighted by Gasteiger charge is -2.50. The molecule has 4 aromatic carbocycles. The highest BCUT2D eigenvalue weighted by Gasteiger charge is 2.70. The molecular formula is C41H34Cl2FN3O6. The number of allylic oxidation sites excluding steroid dienone is 2. The number of amides is 4. The van der Waals surface area contributed by atoms with Crippen LogP contribution in [-0.2, 0) is 31.0 Å². The van der Waals surface area contributed by atoms with E-state index in [1.807, 2.05) is 25.1 Å². The van der Waals surface area contributed by atoms with Crippen molar-refractivity contribution in [2.24, 2.45) is 23.7 Å². The predicted octanol–water partition coefficient (Wildman–Crippen LogP) is 7.60. The van der Waals surface area contributed by atoms with Crippen molar-refractivity contribution < 1.29 is 33.4 Å². The summed E-state index contributed by atoms with van der Waals surface area (Å²) < 4.78 is 20.8. The van der Waals surface area contributed by atoms with Gasteiger partial charge in [-0.1, -0.05) is 78.2 Å². The maximum Gasteiger partial charge on any atom is 0.260 e. The van der Waals surface area contributed by atoms with E-state index < -0.39 is 64.3 Å². The van der Waals surface area contributed by atoms with Gasteiger partial charge in [0.25, 0.3) is 11.8 Å². The molecule has 4 amide bonds. The van der Waals surface area contributed by atoms with Crippen LogP contribution in [0.15, 0.2) is 96.6 Å². The van der Waals surface area contributed by atoms with Crippen LogP contribution < -0.4 is 15.1 Å². The lowest BCUT2D eigenvalue weighted by Crippen LogP contribution is -2.53. The smallest absolute Gasteiger partial charge is 0.260 e. The normalized spacial score (nSPS) is 26.3. The van der Waals surface area contributed by atoms with Gasteiger partial charge in [-0.15, -0.1) is 0 Å². The lowest BCUT2D eigenvalue weighted by atomic mass is 9.49. The number of hydrogen-bond donors (Lipinski definition) is 2. The number of para-hydroxylation sites is 1. The highest BCUT2D eigenvalue weighted by atomic mass is 35.5. The molecule has 2 aliphatic carbocycles. The van der Waals surface area contributed by atoms with E-state index in [-0.39, 0.29) is 35.0 Å². The zero-order valence-electron chi connectivity index (χ0n) is 28.7. The van der Waals surface area contributed by atoms with Crippen LogP contribution in [-0.4, -0.2) is 40.9 Å². The number of phenolic OH excluding ortho intramolecular Hbond substituents is 1. The van der Waals surface area contributed by atoms with E-state index in [1.54, 1.807) is 48.5 Å². The van der Waals surface area contributed by atoms with Gasteiger partial charge in [0.2, 0.25) is 11.8 Å². The van der Waals surface area contributed by atoms with Crippen LogP contribution >= 0.6 is 23.2 Å². The van der Waals surface area contributed by atoms with Gasteiger partial charge in [-0.25, -0.2) is 4.39 Å². The fourth-order valence-electron chi connectivity index (χ4n) is 9.09. The molecule has 0 bridgehead atoms. The van der Waals surface area contributed by atoms with Crippen LogP contribution in [0.5, 0.6) is 11.5 Å². The topological polar surface area (TPSA) is 116 Å². The predicted molar refractivity (Wildman–Crippen MR) is 197 cm³/mol. The number of nitrogens with one attached hydrogen (secondary N) is 1. The third kappa shape index (κ3) is 5.17. The number of halogens is 3. The molecule has 53 heavy (non-hydrogen) atoms. The van der Waals surface area contributed by atoms with Gasteiger partial charge in [-0.3, -0.25) is 29.5 Å². The molecule has 9 nitrogen and oxygen atoms in total. The van der Waals surface area contributed by atoms with Crippen molar-refractivity contribution in [2.75, 3.05) is 17.4 Å². The number of methoxy groups -OCH3 is 1. The van der Waals surface area contributed by atoms with Gasteiger partial charge in [-0.2, -0.15) is 5.01 Å². The van der Waals surface area contributed by atoms with Crippen molar-refractivity contribution >= 4 is 58.2 Å². The molecule has 2 saturated heterocycles. The summed E-state index contributed by atoms with van der Waals surface area (Å²) in [5, 5.41) is 12.9. The minimum Gasteiger partial charge on any atom is -0.505 e. The molecule has 8 rings (SSSR count). The third-order valence-corrected chi connectivity index (χ3v) is 12.1. The molecule has 3 fully saturated rings. The summed E-state index contributed by atoms with van der Waals surface area (Å²) in [4.78, 5) is 59.9. The fourth-order valence-corrected chi connectivity index (χ4v) is 9.54. The summed E-state index contributed by atoms with van der Waals surface area (Å²) in [6.07, 6.45) is 2.83. The number of anilines is 2. The van der Waals surface area contributed by atoms with Crippen LogP contribution in [0, 0.1) is 29.5 Å². The minimum absolute atomic E-state index is 0.0182. The van der Waals surface area contributed by atoms with Crippen LogP contribution in [0.25, 0.3) is 0 Å². The van der Waals surface area contributed by atoms with E-state index in [9.17, 15) is 19.5 Å². The van der Waals surface area contributed by atoms with Gasteiger partial charge in [0.1, 0.15) is 5.75 Å². The number of rotatable bonds is 7. The molecule has 2 heterocycles. The highest BCUT2D eigenvalue weighted by molar-refractivity contribution is 6.36. The molecule has 6 atom stereocenters. The molecule has 4 aromatic rings. The summed E-state index contributed by atoms with van der Waals surface area (Å²) in [6, 6.07) is 22.7. The van der Waals surface area contributed by atoms with Crippen molar-refractivity contribution in [1.82, 2.24) is 5.01 Å². The number of phenols is 1. The first-order chi connectivity index (χ1) is 25.5. The molecule has 1 saturated carbocycles. The van der Waals surface area contributed by atoms with E-state index in [4.69, 9.17) is 27.9 Å². The number of hydrogen-bond acceptors (Lipinski definition) is 7. The van der Waals surface area contributed by atoms with Crippen molar-refractivity contribution in [2.45, 2.75) is 37.5 Å². The number of hydrazine groups is 1. The van der Waals surface area contributed by atoms with Gasteiger partial charge in [0.15, 0.2) is 11.6 Å². The second kappa shape index (κ2) is 13.0. The second-order valence-electron chi connectivity index (χ2n) is 13.9. The summed E-state index contributed by atoms with van der Waals surface area (Å²) in [7, 11) is 1.51. The van der Waals surface area contributed by atoms with Crippen molar-refractivity contribution in [3.8, 4) is 11.5 Å². The molecule has 2 N–H and O–H groups in total. The number of ether oxygens (including phenoxy) is 1. The molecule has 4 aliphatic rings. The molecule has 0 spiro atoms. The number of imide groups is 2. The summed E-state index contributed by atoms with van der Waals surface area (Å²) in [5.41, 5.74) is 4.02. The van der Waals surface area contributed by atoms with E-state index in [0.717, 1.165) is 23.1 Å². The summed E-state index contributed by atoms with van der Waals surface area (Å²) in [5.74, 6) is -7.63. The Balaban J connectivity index is 1.33. The lowest BCUT2D eigenvalue weighted by molar-refractivity contribution is -0.138. The molecule has 270 valence electrons. The first kappa shape index (κ1) is 34.9. The van der Waals surface area contributed by atoms with E-state index in [0.29, 0.717) is 27.6 Å². The van der Waals surface area contributed by atoms with Gasteiger partial charge in [-0.05, 0) is 84.8 Å². The molecule has 0 radical (unpaired) electrons. The number of benzene rings is 4. The summed E-state index contributed by atoms with van der Waals surface area (Å²) >= 11 is 12.7. The number of aryl methyl sites for hydroxylation is 1. The Bertz CT molecular complexity index is 2230. The van der Waals surface area contributed by atoms with Crippen LogP contribution in [0.1, 0.15) is 42.4 Å². The molecular weight excluding hydrogens is 720 g/mol. The number of fused-ring (bicyclic) bond motifs is 4. The van der Waals surface area contributed by atoms with Gasteiger partial charge < -0.3 is 9.84 Å². The van der Waals surface area contributed by atoms with Crippen LogP contribution in [0.2, 0.25) is 10.0 Å². The average Bonchev–Trinajstić information content (AvgIpc) is 3.54. The number of aromatic hydroxyl groups is 1. The Hall–Kier alpha value is -5.19. The van der Waals surface area contributed by atoms with Crippen molar-refractivity contribution in [3.05, 3.63) is 129 Å². The molecule has 0 unspecified atom stereocenters. The SMILES string of the molecule is CCc1ccc(N2C(=O)[C@H]3[C@H](CC=C4[C@H]3C[C@H]3C(=O)N(Nc5ccc(Cl)cc5Cl)C(=O)[C@@]3(c3ccc(OC)cc3)[C@H]4c3cccc(F)c3O)C2=O)cc1. The van der Waals surface area contributed by atoms with Gasteiger partial charge >= 0.3 is 0 Å². The quantitative estimate of drug-likeness (QED) is 0.148. The first-order valence-electron chi connectivity index (χ1n) is 17.4. The Morgan fingerprint density at radius 3 is 2.34 bits per heavy atom. The van der Waals surface area contributed by atoms with Crippen LogP contribution in [0.3, 0.4) is 0 Å². The first-order valence-corrected chi connectivity index (χ1v) is 18.2. The Morgan fingerprint density at radius 2 is 1.66 bits per heavy atom. The highest BCUT2D eigenvalue weighted by Crippen LogP contribution is 2.65. The monoisotopic (exact) mass is 753 g/mol. The van der Waals surface area contributed by atoms with E-state index in [2.05, 4.69) is 5.43 Å². The fraction of sp³-hybridized carbons (Fsp3) is 0.268. The zero-order valence-corrected chi connectivity index (χ0v) is 30.2. The molecule has 12 heteroatoms. The summed E-state index contributed by atoms with van der Waals surface area (Å²) in [6.45, 7) is 2.01. The largest absolute Gasteiger partial charge is 0.505 e. The maximum absolute atomic E-state index is 15.4. The molecule has 2 aliphatic heterocycles. The zero-order chi connectivity index (χ0) is 37.3. The van der Waals surface area contributed by atoms with Crippen molar-refractivity contribution in [1.29, 1.82) is 0 Å². The number of carbonyl (C=O) groups is 4. The molecule has 0 aromatic heterocycles. The van der Waals surface area contributed by atoms with E-state index in [1.165, 1.54) is 30.2 Å². The average molecular weight is 755 g/mol. The van der Waals surface area contributed by atoms with Gasteiger partial charge in [0.05, 0.1) is 46.7 Å². The van der Waals surface area contributed by atoms with E-state index >= 15 is 9.18 Å². The van der Waals surface area contributed by atoms with Crippen molar-refractivity contribution in [3.63, 3.8) is 0 Å². The Kier molecular flexibility index (Phi) is 8.58. The Morgan fingerprint density at radius 1 is 0.925 bits per heavy atom. The van der Waals surface area contributed by atoms with Crippen LogP contribution in [0.4, 0.5) is 15.8 Å². The third-order valence-electron chi connectivity index (χ3n) is 11.5. The second-order valence-corrected chi connectivity index (χ2v) is 14.8. The standard InChI is InChI=1S/C41H34Cl2FN3O6/c1-3-21-7-12-24(13-8-21)46-37(49)27-17-16-26-29(34(27)39(46)51)20-30-38(50)47(45-33-18-11-23(42)19-31(33)43)40(52)41(30,22-9-14-25(53-2)15-10-22)35(26)28-5-4-6-32(44)36(28)48/h4-16,18-19,27,29-30,34-35,45,48H,3,17,20H2,1-2H3/t27-,29+,30-,34-,35+,41+/m0/s1. The number of carbonyl (C=O) groups excluding carboxylic acids is 4. The van der Waals surface area contributed by atoms with Gasteiger partial charge in [0, 0.05) is 16.5 Å². The Labute approximate surface area is 314 Å². The number of nitrogens with zero attached hydrogens (tertiary/aromatic N) is 2. The minimum atomic E-state index is -1.74.